The summed E-state index contributed by atoms with van der Waals surface area (Å²) >= 11 is 12.1. The van der Waals surface area contributed by atoms with Crippen LogP contribution in [0.2, 0.25) is 10.0 Å². The van der Waals surface area contributed by atoms with Gasteiger partial charge in [-0.2, -0.15) is 0 Å². The normalized spacial score (nSPS) is 19.9. The Morgan fingerprint density at radius 3 is 3.00 bits per heavy atom. The third-order valence-corrected chi connectivity index (χ3v) is 4.39. The van der Waals surface area contributed by atoms with Gasteiger partial charge in [0.1, 0.15) is 6.26 Å². The van der Waals surface area contributed by atoms with E-state index in [4.69, 9.17) is 27.6 Å². The van der Waals surface area contributed by atoms with Crippen LogP contribution >= 0.6 is 23.2 Å². The lowest BCUT2D eigenvalue weighted by molar-refractivity contribution is 0.175. The first-order chi connectivity index (χ1) is 10.1. The molecule has 0 bridgehead atoms. The quantitative estimate of drug-likeness (QED) is 0.805. The molecule has 0 radical (unpaired) electrons. The van der Waals surface area contributed by atoms with Gasteiger partial charge in [0.25, 0.3) is 0 Å². The number of halogens is 2. The van der Waals surface area contributed by atoms with Gasteiger partial charge in [0.15, 0.2) is 0 Å². The van der Waals surface area contributed by atoms with Gasteiger partial charge in [0, 0.05) is 18.1 Å². The summed E-state index contributed by atoms with van der Waals surface area (Å²) in [6.45, 7) is 5.39. The lowest BCUT2D eigenvalue weighted by atomic mass is 10.0. The fourth-order valence-electron chi connectivity index (χ4n) is 2.83. The number of likely N-dealkylation sites (tertiary alicyclic amines) is 1. The number of hydrogen-bond donors (Lipinski definition) is 0. The van der Waals surface area contributed by atoms with Gasteiger partial charge < -0.3 is 4.42 Å². The van der Waals surface area contributed by atoms with E-state index < -0.39 is 0 Å². The SMILES string of the molecule is CC1CCCN(Cc2coc(-c3ccc(Cl)cc3Cl)n2)C1. The van der Waals surface area contributed by atoms with E-state index in [1.807, 2.05) is 6.07 Å². The molecular formula is C16H18Cl2N2O. The Balaban J connectivity index is 1.74. The average molecular weight is 325 g/mol. The van der Waals surface area contributed by atoms with Gasteiger partial charge >= 0.3 is 0 Å². The predicted molar refractivity (Wildman–Crippen MR) is 85.6 cm³/mol. The molecule has 112 valence electrons. The van der Waals surface area contributed by atoms with Crippen LogP contribution in [0, 0.1) is 5.92 Å². The lowest BCUT2D eigenvalue weighted by Gasteiger charge is -2.29. The second-order valence-electron chi connectivity index (χ2n) is 5.75. The standard InChI is InChI=1S/C16H18Cl2N2O/c1-11-3-2-6-20(8-11)9-13-10-21-16(19-13)14-5-4-12(17)7-15(14)18/h4-5,7,10-11H,2-3,6,8-9H2,1H3. The maximum absolute atomic E-state index is 6.19. The zero-order valence-corrected chi connectivity index (χ0v) is 13.5. The molecule has 3 nitrogen and oxygen atoms in total. The summed E-state index contributed by atoms with van der Waals surface area (Å²) in [7, 11) is 0. The van der Waals surface area contributed by atoms with E-state index >= 15 is 0 Å². The van der Waals surface area contributed by atoms with Crippen LogP contribution in [0.5, 0.6) is 0 Å². The van der Waals surface area contributed by atoms with E-state index in [1.165, 1.54) is 12.8 Å². The number of nitrogens with zero attached hydrogens (tertiary/aromatic N) is 2. The van der Waals surface area contributed by atoms with Crippen LogP contribution < -0.4 is 0 Å². The van der Waals surface area contributed by atoms with Crippen molar-refractivity contribution in [3.8, 4) is 11.5 Å². The molecule has 1 aromatic heterocycles. The minimum absolute atomic E-state index is 0.553. The van der Waals surface area contributed by atoms with Crippen LogP contribution in [0.1, 0.15) is 25.5 Å². The van der Waals surface area contributed by atoms with Gasteiger partial charge in [-0.1, -0.05) is 30.1 Å². The number of piperidine rings is 1. The van der Waals surface area contributed by atoms with Crippen LogP contribution in [0.25, 0.3) is 11.5 Å². The molecular weight excluding hydrogens is 307 g/mol. The minimum atomic E-state index is 0.553. The van der Waals surface area contributed by atoms with Crippen LogP contribution in [0.3, 0.4) is 0 Å². The third kappa shape index (κ3) is 3.60. The zero-order chi connectivity index (χ0) is 14.8. The van der Waals surface area contributed by atoms with Crippen LogP contribution in [-0.4, -0.2) is 23.0 Å². The number of benzene rings is 1. The first kappa shape index (κ1) is 14.9. The van der Waals surface area contributed by atoms with Gasteiger partial charge in [-0.25, -0.2) is 4.98 Å². The summed E-state index contributed by atoms with van der Waals surface area (Å²) in [6, 6.07) is 5.33. The molecule has 1 fully saturated rings. The van der Waals surface area contributed by atoms with E-state index in [0.29, 0.717) is 15.9 Å². The van der Waals surface area contributed by atoms with Gasteiger partial charge in [-0.05, 0) is 43.5 Å². The van der Waals surface area contributed by atoms with Crippen molar-refractivity contribution in [2.75, 3.05) is 13.1 Å². The van der Waals surface area contributed by atoms with E-state index in [2.05, 4.69) is 16.8 Å². The molecule has 1 atom stereocenters. The topological polar surface area (TPSA) is 29.3 Å². The molecule has 0 saturated carbocycles. The molecule has 0 spiro atoms. The Morgan fingerprint density at radius 2 is 2.24 bits per heavy atom. The van der Waals surface area contributed by atoms with Crippen molar-refractivity contribution in [2.24, 2.45) is 5.92 Å². The molecule has 0 N–H and O–H groups in total. The molecule has 2 heterocycles. The van der Waals surface area contributed by atoms with Gasteiger partial charge in [0.05, 0.1) is 16.3 Å². The zero-order valence-electron chi connectivity index (χ0n) is 12.0. The molecule has 1 aliphatic heterocycles. The number of aromatic nitrogens is 1. The van der Waals surface area contributed by atoms with E-state index in [-0.39, 0.29) is 0 Å². The molecule has 5 heteroatoms. The maximum atomic E-state index is 6.19. The second kappa shape index (κ2) is 6.39. The van der Waals surface area contributed by atoms with Gasteiger partial charge in [-0.15, -0.1) is 0 Å². The summed E-state index contributed by atoms with van der Waals surface area (Å²) in [5.41, 5.74) is 1.73. The lowest BCUT2D eigenvalue weighted by Crippen LogP contribution is -2.33. The molecule has 3 rings (SSSR count). The van der Waals surface area contributed by atoms with Crippen molar-refractivity contribution in [3.63, 3.8) is 0 Å². The first-order valence-electron chi connectivity index (χ1n) is 7.24. The van der Waals surface area contributed by atoms with Crippen LogP contribution in [0.15, 0.2) is 28.9 Å². The van der Waals surface area contributed by atoms with Gasteiger partial charge in [-0.3, -0.25) is 4.90 Å². The molecule has 1 saturated heterocycles. The largest absolute Gasteiger partial charge is 0.444 e. The summed E-state index contributed by atoms with van der Waals surface area (Å²) in [5, 5.41) is 1.17. The highest BCUT2D eigenvalue weighted by atomic mass is 35.5. The van der Waals surface area contributed by atoms with Crippen LogP contribution in [0.4, 0.5) is 0 Å². The van der Waals surface area contributed by atoms with Crippen molar-refractivity contribution >= 4 is 23.2 Å². The molecule has 0 aliphatic carbocycles. The average Bonchev–Trinajstić information content (AvgIpc) is 2.87. The van der Waals surface area contributed by atoms with E-state index in [0.717, 1.165) is 36.8 Å². The van der Waals surface area contributed by atoms with Crippen LogP contribution in [-0.2, 0) is 6.54 Å². The monoisotopic (exact) mass is 324 g/mol. The number of hydrogen-bond acceptors (Lipinski definition) is 3. The smallest absolute Gasteiger partial charge is 0.227 e. The summed E-state index contributed by atoms with van der Waals surface area (Å²) in [6.07, 6.45) is 4.30. The van der Waals surface area contributed by atoms with Crippen molar-refractivity contribution in [2.45, 2.75) is 26.3 Å². The number of rotatable bonds is 3. The van der Waals surface area contributed by atoms with Crippen molar-refractivity contribution in [3.05, 3.63) is 40.2 Å². The van der Waals surface area contributed by atoms with E-state index in [1.54, 1.807) is 18.4 Å². The summed E-state index contributed by atoms with van der Waals surface area (Å²) in [5.74, 6) is 1.31. The molecule has 1 aromatic carbocycles. The minimum Gasteiger partial charge on any atom is -0.444 e. The highest BCUT2D eigenvalue weighted by Crippen LogP contribution is 2.30. The fourth-order valence-corrected chi connectivity index (χ4v) is 3.31. The van der Waals surface area contributed by atoms with Crippen molar-refractivity contribution < 1.29 is 4.42 Å². The molecule has 0 amide bonds. The molecule has 1 unspecified atom stereocenters. The third-order valence-electron chi connectivity index (χ3n) is 3.84. The Kier molecular flexibility index (Phi) is 4.53. The van der Waals surface area contributed by atoms with Crippen molar-refractivity contribution in [1.82, 2.24) is 9.88 Å². The number of oxazole rings is 1. The Morgan fingerprint density at radius 1 is 1.38 bits per heavy atom. The van der Waals surface area contributed by atoms with Crippen molar-refractivity contribution in [1.29, 1.82) is 0 Å². The predicted octanol–water partition coefficient (Wildman–Crippen LogP) is 4.88. The second-order valence-corrected chi connectivity index (χ2v) is 6.59. The fraction of sp³-hybridized carbons (Fsp3) is 0.438. The molecule has 2 aromatic rings. The van der Waals surface area contributed by atoms with E-state index in [9.17, 15) is 0 Å². The Bertz CT molecular complexity index is 626. The van der Waals surface area contributed by atoms with Gasteiger partial charge in [0.2, 0.25) is 5.89 Å². The molecule has 1 aliphatic rings. The highest BCUT2D eigenvalue weighted by molar-refractivity contribution is 6.36. The summed E-state index contributed by atoms with van der Waals surface area (Å²) < 4.78 is 5.57. The summed E-state index contributed by atoms with van der Waals surface area (Å²) in [4.78, 5) is 6.98. The Hall–Kier alpha value is -1.03. The highest BCUT2D eigenvalue weighted by Gasteiger charge is 2.18. The molecule has 21 heavy (non-hydrogen) atoms. The first-order valence-corrected chi connectivity index (χ1v) is 7.99. The Labute approximate surface area is 134 Å². The maximum Gasteiger partial charge on any atom is 0.227 e.